The Morgan fingerprint density at radius 1 is 1.11 bits per heavy atom. The average Bonchev–Trinajstić information content (AvgIpc) is 3.59. The molecule has 11 heteroatoms. The molecule has 4 heterocycles. The van der Waals surface area contributed by atoms with Crippen LogP contribution in [0.2, 0.25) is 0 Å². The zero-order chi connectivity index (χ0) is 26.1. The third-order valence-electron chi connectivity index (χ3n) is 6.87. The smallest absolute Gasteiger partial charge is 0.166 e. The number of rotatable bonds is 8. The van der Waals surface area contributed by atoms with Crippen molar-refractivity contribution in [3.05, 3.63) is 54.3 Å². The fourth-order valence-corrected chi connectivity index (χ4v) is 5.58. The summed E-state index contributed by atoms with van der Waals surface area (Å²) in [5.74, 6) is 0.803. The standard InChI is InChI=1S/C27H28FN7O2S/c1-34-14-18(13-32-34)17-11-22-24(23(12-17)37-19-5-7-35(8-6-19)9-10-36-2)27(30-15-29-22)33-20-3-4-21-26(25(20)28)38-16-31-21/h3-4,11-16,19H,5-10H2,1-2H3,(H,29,30,33). The van der Waals surface area contributed by atoms with E-state index >= 15 is 4.39 Å². The van der Waals surface area contributed by atoms with Crippen LogP contribution in [0.15, 0.2) is 48.5 Å². The van der Waals surface area contributed by atoms with Crippen LogP contribution in [0.4, 0.5) is 15.9 Å². The molecule has 1 N–H and O–H groups in total. The Kier molecular flexibility index (Phi) is 6.88. The largest absolute Gasteiger partial charge is 0.489 e. The van der Waals surface area contributed by atoms with E-state index in [1.807, 2.05) is 31.6 Å². The fraction of sp³-hybridized carbons (Fsp3) is 0.333. The average molecular weight is 534 g/mol. The molecular weight excluding hydrogens is 505 g/mol. The van der Waals surface area contributed by atoms with Gasteiger partial charge >= 0.3 is 0 Å². The van der Waals surface area contributed by atoms with E-state index in [0.29, 0.717) is 38.4 Å². The highest BCUT2D eigenvalue weighted by molar-refractivity contribution is 7.16. The number of thiazole rings is 1. The Morgan fingerprint density at radius 2 is 1.97 bits per heavy atom. The summed E-state index contributed by atoms with van der Waals surface area (Å²) in [7, 11) is 3.61. The van der Waals surface area contributed by atoms with E-state index < -0.39 is 0 Å². The lowest BCUT2D eigenvalue weighted by Gasteiger charge is -2.32. The van der Waals surface area contributed by atoms with Crippen molar-refractivity contribution >= 4 is 44.0 Å². The topological polar surface area (TPSA) is 90.2 Å². The van der Waals surface area contributed by atoms with Crippen LogP contribution in [-0.4, -0.2) is 69.1 Å². The Bertz CT molecular complexity index is 1580. The monoisotopic (exact) mass is 533 g/mol. The second-order valence-corrected chi connectivity index (χ2v) is 10.3. The van der Waals surface area contributed by atoms with Crippen molar-refractivity contribution in [3.63, 3.8) is 0 Å². The summed E-state index contributed by atoms with van der Waals surface area (Å²) in [5.41, 5.74) is 5.21. The number of halogens is 1. The number of methoxy groups -OCH3 is 1. The number of benzene rings is 2. The van der Waals surface area contributed by atoms with Crippen molar-refractivity contribution in [2.75, 3.05) is 38.7 Å². The number of anilines is 2. The number of hydrogen-bond acceptors (Lipinski definition) is 9. The van der Waals surface area contributed by atoms with E-state index in [-0.39, 0.29) is 11.9 Å². The van der Waals surface area contributed by atoms with Gasteiger partial charge in [-0.2, -0.15) is 5.10 Å². The molecule has 0 spiro atoms. The zero-order valence-corrected chi connectivity index (χ0v) is 22.0. The van der Waals surface area contributed by atoms with E-state index in [2.05, 4.69) is 30.3 Å². The van der Waals surface area contributed by atoms with Crippen LogP contribution in [0, 0.1) is 5.82 Å². The molecule has 6 rings (SSSR count). The highest BCUT2D eigenvalue weighted by atomic mass is 32.1. The lowest BCUT2D eigenvalue weighted by Crippen LogP contribution is -2.39. The second kappa shape index (κ2) is 10.6. The predicted molar refractivity (Wildman–Crippen MR) is 147 cm³/mol. The van der Waals surface area contributed by atoms with Crippen molar-refractivity contribution < 1.29 is 13.9 Å². The number of aryl methyl sites for hydroxylation is 1. The Balaban J connectivity index is 1.38. The Morgan fingerprint density at radius 3 is 2.76 bits per heavy atom. The van der Waals surface area contributed by atoms with Gasteiger partial charge in [0.15, 0.2) is 5.82 Å². The first-order chi connectivity index (χ1) is 18.6. The Hall–Kier alpha value is -3.67. The quantitative estimate of drug-likeness (QED) is 0.298. The SMILES string of the molecule is COCCN1CCC(Oc2cc(-c3cnn(C)c3)cc3ncnc(Nc4ccc5ncsc5c4F)c23)CC1. The first-order valence-electron chi connectivity index (χ1n) is 12.5. The highest BCUT2D eigenvalue weighted by Crippen LogP contribution is 2.38. The van der Waals surface area contributed by atoms with Gasteiger partial charge < -0.3 is 19.7 Å². The first-order valence-corrected chi connectivity index (χ1v) is 13.4. The molecular formula is C27H28FN7O2S. The van der Waals surface area contributed by atoms with Gasteiger partial charge in [-0.05, 0) is 42.7 Å². The number of nitrogens with one attached hydrogen (secondary N) is 1. The van der Waals surface area contributed by atoms with Crippen molar-refractivity contribution in [3.8, 4) is 16.9 Å². The minimum atomic E-state index is -0.352. The number of aromatic nitrogens is 5. The van der Waals surface area contributed by atoms with Crippen LogP contribution in [-0.2, 0) is 11.8 Å². The molecule has 196 valence electrons. The lowest BCUT2D eigenvalue weighted by atomic mass is 10.0. The molecule has 0 amide bonds. The van der Waals surface area contributed by atoms with E-state index in [9.17, 15) is 0 Å². The van der Waals surface area contributed by atoms with Gasteiger partial charge in [-0.3, -0.25) is 4.68 Å². The summed E-state index contributed by atoms with van der Waals surface area (Å²) in [6, 6.07) is 7.48. The molecule has 0 atom stereocenters. The molecule has 5 aromatic rings. The van der Waals surface area contributed by atoms with Gasteiger partial charge in [0, 0.05) is 45.6 Å². The maximum Gasteiger partial charge on any atom is 0.166 e. The third kappa shape index (κ3) is 4.92. The van der Waals surface area contributed by atoms with E-state index in [4.69, 9.17) is 9.47 Å². The van der Waals surface area contributed by atoms with Gasteiger partial charge in [-0.1, -0.05) is 0 Å². The number of likely N-dealkylation sites (tertiary alicyclic amines) is 1. The van der Waals surface area contributed by atoms with Crippen LogP contribution >= 0.6 is 11.3 Å². The molecule has 2 aromatic carbocycles. The highest BCUT2D eigenvalue weighted by Gasteiger charge is 2.23. The summed E-state index contributed by atoms with van der Waals surface area (Å²) >= 11 is 1.27. The molecule has 1 aliphatic heterocycles. The number of nitrogens with zero attached hydrogens (tertiary/aromatic N) is 6. The van der Waals surface area contributed by atoms with Gasteiger partial charge in [-0.25, -0.2) is 19.3 Å². The summed E-state index contributed by atoms with van der Waals surface area (Å²) in [4.78, 5) is 15.7. The third-order valence-corrected chi connectivity index (χ3v) is 7.71. The van der Waals surface area contributed by atoms with E-state index in [0.717, 1.165) is 50.2 Å². The van der Waals surface area contributed by atoms with Crippen LogP contribution in [0.1, 0.15) is 12.8 Å². The van der Waals surface area contributed by atoms with Crippen LogP contribution in [0.5, 0.6) is 5.75 Å². The van der Waals surface area contributed by atoms with Crippen molar-refractivity contribution in [1.29, 1.82) is 0 Å². The molecule has 1 fully saturated rings. The maximum absolute atomic E-state index is 15.3. The molecule has 38 heavy (non-hydrogen) atoms. The molecule has 0 unspecified atom stereocenters. The summed E-state index contributed by atoms with van der Waals surface area (Å²) in [6.45, 7) is 3.52. The first kappa shape index (κ1) is 24.7. The number of piperidine rings is 1. The summed E-state index contributed by atoms with van der Waals surface area (Å²) in [5, 5.41) is 8.24. The summed E-state index contributed by atoms with van der Waals surface area (Å²) in [6.07, 6.45) is 7.10. The second-order valence-electron chi connectivity index (χ2n) is 9.40. The number of ether oxygens (including phenoxy) is 2. The van der Waals surface area contributed by atoms with Gasteiger partial charge in [0.05, 0.1) is 45.1 Å². The van der Waals surface area contributed by atoms with Gasteiger partial charge in [-0.15, -0.1) is 11.3 Å². The Labute approximate surface area is 223 Å². The van der Waals surface area contributed by atoms with E-state index in [1.54, 1.807) is 29.4 Å². The fourth-order valence-electron chi connectivity index (χ4n) is 4.85. The molecule has 0 aliphatic carbocycles. The van der Waals surface area contributed by atoms with Crippen molar-refractivity contribution in [1.82, 2.24) is 29.6 Å². The number of fused-ring (bicyclic) bond motifs is 2. The maximum atomic E-state index is 15.3. The number of hydrogen-bond donors (Lipinski definition) is 1. The minimum absolute atomic E-state index is 0.0412. The van der Waals surface area contributed by atoms with Crippen LogP contribution in [0.3, 0.4) is 0 Å². The molecule has 0 saturated carbocycles. The van der Waals surface area contributed by atoms with Crippen molar-refractivity contribution in [2.24, 2.45) is 7.05 Å². The normalized spacial score (nSPS) is 14.9. The molecule has 1 saturated heterocycles. The molecule has 1 aliphatic rings. The summed E-state index contributed by atoms with van der Waals surface area (Å²) < 4.78 is 29.4. The van der Waals surface area contributed by atoms with Gasteiger partial charge in [0.25, 0.3) is 0 Å². The molecule has 9 nitrogen and oxygen atoms in total. The molecule has 0 radical (unpaired) electrons. The lowest BCUT2D eigenvalue weighted by molar-refractivity contribution is 0.0805. The van der Waals surface area contributed by atoms with Crippen LogP contribution in [0.25, 0.3) is 32.2 Å². The van der Waals surface area contributed by atoms with E-state index in [1.165, 1.54) is 17.7 Å². The van der Waals surface area contributed by atoms with Crippen molar-refractivity contribution in [2.45, 2.75) is 18.9 Å². The van der Waals surface area contributed by atoms with Gasteiger partial charge in [0.2, 0.25) is 0 Å². The predicted octanol–water partition coefficient (Wildman–Crippen LogP) is 5.01. The van der Waals surface area contributed by atoms with Crippen LogP contribution < -0.4 is 10.1 Å². The molecule has 0 bridgehead atoms. The molecule has 3 aromatic heterocycles. The minimum Gasteiger partial charge on any atom is -0.489 e. The zero-order valence-electron chi connectivity index (χ0n) is 21.2. The van der Waals surface area contributed by atoms with Gasteiger partial charge in [0.1, 0.15) is 24.0 Å².